The van der Waals surface area contributed by atoms with Crippen LogP contribution < -0.4 is 10.1 Å². The van der Waals surface area contributed by atoms with Gasteiger partial charge in [0.1, 0.15) is 12.4 Å². The van der Waals surface area contributed by atoms with E-state index in [9.17, 15) is 18.3 Å². The maximum absolute atomic E-state index is 13.6. The van der Waals surface area contributed by atoms with Crippen LogP contribution in [0.15, 0.2) is 42.5 Å². The molecule has 2 aromatic carbocycles. The fourth-order valence-corrected chi connectivity index (χ4v) is 2.90. The maximum Gasteiger partial charge on any atom is 0.425 e. The van der Waals surface area contributed by atoms with E-state index in [1.807, 2.05) is 0 Å². The number of rotatable bonds is 4. The molecule has 0 heterocycles. The van der Waals surface area contributed by atoms with E-state index in [-0.39, 0.29) is 11.1 Å². The van der Waals surface area contributed by atoms with E-state index >= 15 is 0 Å². The summed E-state index contributed by atoms with van der Waals surface area (Å²) in [7, 11) is 1.76. The first-order valence-corrected chi connectivity index (χ1v) is 7.20. The van der Waals surface area contributed by atoms with Gasteiger partial charge in [0.2, 0.25) is 5.60 Å². The average Bonchev–Trinajstić information content (AvgIpc) is 2.78. The normalized spacial score (nSPS) is 19.3. The number of benzene rings is 2. The number of hydrogen-bond acceptors (Lipinski definition) is 3. The van der Waals surface area contributed by atoms with Crippen LogP contribution in [0.5, 0.6) is 5.75 Å². The molecule has 0 radical (unpaired) electrons. The predicted octanol–water partition coefficient (Wildman–Crippen LogP) is 3.06. The van der Waals surface area contributed by atoms with Gasteiger partial charge in [-0.1, -0.05) is 30.3 Å². The van der Waals surface area contributed by atoms with Gasteiger partial charge in [-0.05, 0) is 30.3 Å². The standard InChI is InChI=1S/C17H16F3NO2/c1-21-8-9-23-11-6-7-13-12-4-2-3-5-14(12)16(22,15(13)10-11)17(18,19)20/h2-7,10,21-22H,8-9H2,1H3. The van der Waals surface area contributed by atoms with E-state index in [0.29, 0.717) is 30.0 Å². The van der Waals surface area contributed by atoms with Crippen LogP contribution in [-0.2, 0) is 5.60 Å². The predicted molar refractivity (Wildman–Crippen MR) is 80.4 cm³/mol. The van der Waals surface area contributed by atoms with Gasteiger partial charge in [-0.25, -0.2) is 0 Å². The highest BCUT2D eigenvalue weighted by molar-refractivity contribution is 5.81. The second-order valence-corrected chi connectivity index (χ2v) is 5.41. The van der Waals surface area contributed by atoms with Gasteiger partial charge in [-0.2, -0.15) is 13.2 Å². The van der Waals surface area contributed by atoms with E-state index in [2.05, 4.69) is 5.32 Å². The third kappa shape index (κ3) is 2.38. The van der Waals surface area contributed by atoms with Crippen molar-refractivity contribution in [1.29, 1.82) is 0 Å². The van der Waals surface area contributed by atoms with Crippen molar-refractivity contribution in [2.45, 2.75) is 11.8 Å². The zero-order chi connectivity index (χ0) is 16.7. The summed E-state index contributed by atoms with van der Waals surface area (Å²) in [6.07, 6.45) is -4.82. The van der Waals surface area contributed by atoms with Gasteiger partial charge >= 0.3 is 6.18 Å². The quantitative estimate of drug-likeness (QED) is 0.850. The molecule has 6 heteroatoms. The Hall–Kier alpha value is -2.05. The lowest BCUT2D eigenvalue weighted by molar-refractivity contribution is -0.246. The summed E-state index contributed by atoms with van der Waals surface area (Å²) in [5.74, 6) is 0.300. The molecule has 0 aromatic heterocycles. The third-order valence-electron chi connectivity index (χ3n) is 4.02. The second kappa shape index (κ2) is 5.54. The molecule has 1 unspecified atom stereocenters. The molecule has 0 bridgehead atoms. The number of alkyl halides is 3. The van der Waals surface area contributed by atoms with Gasteiger partial charge in [0, 0.05) is 17.7 Å². The Kier molecular flexibility index (Phi) is 3.82. The molecule has 0 aliphatic heterocycles. The minimum Gasteiger partial charge on any atom is -0.492 e. The van der Waals surface area contributed by atoms with Crippen LogP contribution in [0.4, 0.5) is 13.2 Å². The van der Waals surface area contributed by atoms with Crippen LogP contribution in [0.2, 0.25) is 0 Å². The van der Waals surface area contributed by atoms with Gasteiger partial charge < -0.3 is 15.2 Å². The number of halogens is 3. The monoisotopic (exact) mass is 323 g/mol. The molecule has 0 amide bonds. The highest BCUT2D eigenvalue weighted by Crippen LogP contribution is 2.55. The zero-order valence-electron chi connectivity index (χ0n) is 12.4. The van der Waals surface area contributed by atoms with Crippen LogP contribution in [0.25, 0.3) is 11.1 Å². The number of likely N-dealkylation sites (N-methyl/N-ethyl adjacent to an activating group) is 1. The summed E-state index contributed by atoms with van der Waals surface area (Å²) in [6.45, 7) is 0.896. The third-order valence-corrected chi connectivity index (χ3v) is 4.02. The molecule has 23 heavy (non-hydrogen) atoms. The fraction of sp³-hybridized carbons (Fsp3) is 0.294. The molecule has 2 aromatic rings. The summed E-state index contributed by atoms with van der Waals surface area (Å²) < 4.78 is 46.4. The van der Waals surface area contributed by atoms with Crippen LogP contribution in [0.1, 0.15) is 11.1 Å². The lowest BCUT2D eigenvalue weighted by Gasteiger charge is -2.28. The zero-order valence-corrected chi connectivity index (χ0v) is 12.4. The largest absolute Gasteiger partial charge is 0.492 e. The molecule has 1 aliphatic carbocycles. The number of hydrogen-bond donors (Lipinski definition) is 2. The minimum absolute atomic E-state index is 0.144. The Morgan fingerprint density at radius 1 is 1.09 bits per heavy atom. The van der Waals surface area contributed by atoms with Crippen molar-refractivity contribution in [3.63, 3.8) is 0 Å². The van der Waals surface area contributed by atoms with Gasteiger partial charge in [0.15, 0.2) is 0 Å². The Morgan fingerprint density at radius 2 is 1.78 bits per heavy atom. The molecule has 0 fully saturated rings. The molecule has 1 atom stereocenters. The highest BCUT2D eigenvalue weighted by Gasteiger charge is 2.60. The molecule has 0 saturated carbocycles. The Morgan fingerprint density at radius 3 is 2.48 bits per heavy atom. The first-order valence-electron chi connectivity index (χ1n) is 7.20. The Bertz CT molecular complexity index is 730. The lowest BCUT2D eigenvalue weighted by Crippen LogP contribution is -2.41. The fourth-order valence-electron chi connectivity index (χ4n) is 2.90. The van der Waals surface area contributed by atoms with Gasteiger partial charge in [-0.15, -0.1) is 0 Å². The number of aliphatic hydroxyl groups is 1. The van der Waals surface area contributed by atoms with Crippen molar-refractivity contribution >= 4 is 0 Å². The Labute approximate surface area is 131 Å². The van der Waals surface area contributed by atoms with E-state index in [1.54, 1.807) is 31.3 Å². The van der Waals surface area contributed by atoms with Crippen molar-refractivity contribution in [2.75, 3.05) is 20.2 Å². The molecular weight excluding hydrogens is 307 g/mol. The maximum atomic E-state index is 13.6. The van der Waals surface area contributed by atoms with Gasteiger partial charge in [0.25, 0.3) is 0 Å². The summed E-state index contributed by atoms with van der Waals surface area (Å²) >= 11 is 0. The van der Waals surface area contributed by atoms with Crippen molar-refractivity contribution in [1.82, 2.24) is 5.32 Å². The molecule has 3 rings (SSSR count). The van der Waals surface area contributed by atoms with Crippen LogP contribution >= 0.6 is 0 Å². The van der Waals surface area contributed by atoms with Gasteiger partial charge in [-0.3, -0.25) is 0 Å². The van der Waals surface area contributed by atoms with E-state index in [0.717, 1.165) is 0 Å². The number of fused-ring (bicyclic) bond motifs is 3. The average molecular weight is 323 g/mol. The number of nitrogens with one attached hydrogen (secondary N) is 1. The van der Waals surface area contributed by atoms with Crippen molar-refractivity contribution < 1.29 is 23.0 Å². The summed E-state index contributed by atoms with van der Waals surface area (Å²) in [5, 5.41) is 13.4. The molecular formula is C17H16F3NO2. The second-order valence-electron chi connectivity index (χ2n) is 5.41. The molecule has 122 valence electrons. The van der Waals surface area contributed by atoms with Gasteiger partial charge in [0.05, 0.1) is 0 Å². The molecule has 3 nitrogen and oxygen atoms in total. The first kappa shape index (κ1) is 15.8. The van der Waals surface area contributed by atoms with Crippen molar-refractivity contribution in [3.8, 4) is 16.9 Å². The van der Waals surface area contributed by atoms with E-state index in [1.165, 1.54) is 18.2 Å². The molecule has 0 spiro atoms. The van der Waals surface area contributed by atoms with E-state index < -0.39 is 11.8 Å². The summed E-state index contributed by atoms with van der Waals surface area (Å²) in [5.41, 5.74) is -2.57. The SMILES string of the molecule is CNCCOc1ccc2c(c1)C(O)(C(F)(F)F)c1ccccc1-2. The summed E-state index contributed by atoms with van der Waals surface area (Å²) in [6, 6.07) is 10.5. The Balaban J connectivity index is 2.12. The molecule has 2 N–H and O–H groups in total. The number of ether oxygens (including phenoxy) is 1. The molecule has 0 saturated heterocycles. The van der Waals surface area contributed by atoms with Crippen molar-refractivity contribution in [2.24, 2.45) is 0 Å². The lowest BCUT2D eigenvalue weighted by atomic mass is 9.91. The van der Waals surface area contributed by atoms with Crippen molar-refractivity contribution in [3.05, 3.63) is 53.6 Å². The van der Waals surface area contributed by atoms with Crippen LogP contribution in [0.3, 0.4) is 0 Å². The highest BCUT2D eigenvalue weighted by atomic mass is 19.4. The van der Waals surface area contributed by atoms with E-state index in [4.69, 9.17) is 4.74 Å². The smallest absolute Gasteiger partial charge is 0.425 e. The topological polar surface area (TPSA) is 41.5 Å². The van der Waals surface area contributed by atoms with Crippen LogP contribution in [-0.4, -0.2) is 31.5 Å². The van der Waals surface area contributed by atoms with Crippen LogP contribution in [0, 0.1) is 0 Å². The first-order chi connectivity index (χ1) is 10.9. The minimum atomic E-state index is -4.82. The summed E-state index contributed by atoms with van der Waals surface area (Å²) in [4.78, 5) is 0. The molecule has 1 aliphatic rings.